The number of amidine groups is 1. The summed E-state index contributed by atoms with van der Waals surface area (Å²) in [5.74, 6) is 1.96. The molecule has 1 N–H and O–H groups in total. The lowest BCUT2D eigenvalue weighted by Crippen LogP contribution is -2.40. The molecule has 2 unspecified atom stereocenters. The van der Waals surface area contributed by atoms with Gasteiger partial charge in [0.25, 0.3) is 0 Å². The van der Waals surface area contributed by atoms with Crippen LogP contribution in [0.5, 0.6) is 0 Å². The van der Waals surface area contributed by atoms with Crippen molar-refractivity contribution >= 4 is 16.9 Å². The van der Waals surface area contributed by atoms with Crippen LogP contribution in [0.25, 0.3) is 0 Å². The van der Waals surface area contributed by atoms with Gasteiger partial charge in [0.2, 0.25) is 0 Å². The number of rotatable bonds is 1. The predicted octanol–water partition coefficient (Wildman–Crippen LogP) is 2.26. The number of nitrogens with zero attached hydrogens (tertiary/aromatic N) is 1. The van der Waals surface area contributed by atoms with Crippen molar-refractivity contribution in [3.05, 3.63) is 0 Å². The first-order chi connectivity index (χ1) is 6.25. The van der Waals surface area contributed by atoms with Gasteiger partial charge in [-0.15, -0.1) is 0 Å². The number of hydrogen-bond acceptors (Lipinski definition) is 3. The summed E-state index contributed by atoms with van der Waals surface area (Å²) < 4.78 is 0. The second-order valence-corrected chi connectivity index (χ2v) is 5.24. The van der Waals surface area contributed by atoms with E-state index in [-0.39, 0.29) is 0 Å². The summed E-state index contributed by atoms with van der Waals surface area (Å²) in [7, 11) is 0. The third-order valence-electron chi connectivity index (χ3n) is 3.06. The van der Waals surface area contributed by atoms with Crippen molar-refractivity contribution < 1.29 is 0 Å². The number of aliphatic imine (C=N–C) groups is 1. The molecule has 0 spiro atoms. The van der Waals surface area contributed by atoms with Crippen LogP contribution in [-0.2, 0) is 0 Å². The zero-order chi connectivity index (χ0) is 9.26. The molecule has 13 heavy (non-hydrogen) atoms. The highest BCUT2D eigenvalue weighted by atomic mass is 32.2. The van der Waals surface area contributed by atoms with Crippen LogP contribution in [0.4, 0.5) is 0 Å². The number of thioether (sulfide) groups is 1. The monoisotopic (exact) mass is 198 g/mol. The van der Waals surface area contributed by atoms with E-state index in [0.29, 0.717) is 6.04 Å². The molecule has 1 heterocycles. The van der Waals surface area contributed by atoms with Crippen LogP contribution in [0.2, 0.25) is 0 Å². The van der Waals surface area contributed by atoms with Gasteiger partial charge < -0.3 is 5.32 Å². The third-order valence-corrected chi connectivity index (χ3v) is 4.25. The van der Waals surface area contributed by atoms with Crippen molar-refractivity contribution in [3.63, 3.8) is 0 Å². The van der Waals surface area contributed by atoms with Gasteiger partial charge in [-0.25, -0.2) is 0 Å². The molecular formula is C10H18N2S. The van der Waals surface area contributed by atoms with Gasteiger partial charge in [-0.05, 0) is 32.1 Å². The highest BCUT2D eigenvalue weighted by Gasteiger charge is 2.23. The van der Waals surface area contributed by atoms with Gasteiger partial charge in [-0.3, -0.25) is 4.99 Å². The first-order valence-electron chi connectivity index (χ1n) is 5.23. The van der Waals surface area contributed by atoms with Crippen molar-refractivity contribution in [1.82, 2.24) is 5.32 Å². The van der Waals surface area contributed by atoms with Gasteiger partial charge in [-0.1, -0.05) is 18.7 Å². The molecule has 1 aliphatic heterocycles. The van der Waals surface area contributed by atoms with Gasteiger partial charge in [0, 0.05) is 11.8 Å². The van der Waals surface area contributed by atoms with Gasteiger partial charge in [-0.2, -0.15) is 0 Å². The Morgan fingerprint density at radius 3 is 2.69 bits per heavy atom. The Morgan fingerprint density at radius 1 is 1.38 bits per heavy atom. The van der Waals surface area contributed by atoms with E-state index in [1.54, 1.807) is 0 Å². The lowest BCUT2D eigenvalue weighted by atomic mass is 9.93. The van der Waals surface area contributed by atoms with Crippen LogP contribution in [0.15, 0.2) is 4.99 Å². The maximum Gasteiger partial charge on any atom is 0.157 e. The van der Waals surface area contributed by atoms with Crippen LogP contribution < -0.4 is 5.32 Å². The van der Waals surface area contributed by atoms with Gasteiger partial charge in [0.15, 0.2) is 5.17 Å². The maximum atomic E-state index is 4.65. The highest BCUT2D eigenvalue weighted by molar-refractivity contribution is 8.13. The van der Waals surface area contributed by atoms with Crippen molar-refractivity contribution in [2.45, 2.75) is 45.2 Å². The molecule has 1 fully saturated rings. The second-order valence-electron chi connectivity index (χ2n) is 4.24. The molecule has 2 aliphatic rings. The Labute approximate surface area is 84.6 Å². The summed E-state index contributed by atoms with van der Waals surface area (Å²) in [5.41, 5.74) is 0. The van der Waals surface area contributed by atoms with E-state index in [9.17, 15) is 0 Å². The fourth-order valence-corrected chi connectivity index (χ4v) is 2.70. The minimum Gasteiger partial charge on any atom is -0.362 e. The maximum absolute atomic E-state index is 4.65. The second kappa shape index (κ2) is 3.91. The molecular weight excluding hydrogens is 180 g/mol. The summed E-state index contributed by atoms with van der Waals surface area (Å²) >= 11 is 1.89. The average Bonchev–Trinajstić information content (AvgIpc) is 2.04. The molecule has 0 amide bonds. The van der Waals surface area contributed by atoms with E-state index >= 15 is 0 Å². The molecule has 1 aliphatic carbocycles. The van der Waals surface area contributed by atoms with E-state index in [2.05, 4.69) is 24.2 Å². The molecule has 2 rings (SSSR count). The van der Waals surface area contributed by atoms with Crippen molar-refractivity contribution in [2.24, 2.45) is 10.9 Å². The predicted molar refractivity (Wildman–Crippen MR) is 59.3 cm³/mol. The minimum absolute atomic E-state index is 0.504. The van der Waals surface area contributed by atoms with Crippen molar-refractivity contribution in [2.75, 3.05) is 5.75 Å². The molecule has 0 radical (unpaired) electrons. The Balaban J connectivity index is 1.87. The van der Waals surface area contributed by atoms with E-state index in [1.165, 1.54) is 30.2 Å². The first kappa shape index (κ1) is 9.38. The Hall–Kier alpha value is -0.180. The molecule has 74 valence electrons. The highest BCUT2D eigenvalue weighted by Crippen LogP contribution is 2.24. The largest absolute Gasteiger partial charge is 0.362 e. The van der Waals surface area contributed by atoms with E-state index in [1.807, 2.05) is 11.8 Å². The van der Waals surface area contributed by atoms with Crippen LogP contribution >= 0.6 is 11.8 Å². The molecule has 2 nitrogen and oxygen atoms in total. The van der Waals surface area contributed by atoms with Crippen LogP contribution in [0.3, 0.4) is 0 Å². The van der Waals surface area contributed by atoms with E-state index in [4.69, 9.17) is 0 Å². The normalized spacial score (nSPS) is 35.1. The minimum atomic E-state index is 0.504. The number of hydrogen-bond donors (Lipinski definition) is 1. The van der Waals surface area contributed by atoms with Crippen LogP contribution in [0, 0.1) is 5.92 Å². The molecule has 0 aromatic heterocycles. The SMILES string of the molecule is CC1CSC(NC2CCC2)=NC1C. The Morgan fingerprint density at radius 2 is 2.15 bits per heavy atom. The topological polar surface area (TPSA) is 24.4 Å². The zero-order valence-corrected chi connectivity index (χ0v) is 9.23. The quantitative estimate of drug-likeness (QED) is 0.699. The summed E-state index contributed by atoms with van der Waals surface area (Å²) in [5, 5.41) is 4.71. The fourth-order valence-electron chi connectivity index (χ4n) is 1.51. The van der Waals surface area contributed by atoms with E-state index < -0.39 is 0 Å². The molecule has 1 saturated carbocycles. The Kier molecular flexibility index (Phi) is 2.82. The summed E-state index contributed by atoms with van der Waals surface area (Å²) in [6.45, 7) is 4.49. The van der Waals surface area contributed by atoms with Crippen LogP contribution in [-0.4, -0.2) is 23.0 Å². The summed E-state index contributed by atoms with van der Waals surface area (Å²) in [6, 6.07) is 1.23. The first-order valence-corrected chi connectivity index (χ1v) is 6.21. The van der Waals surface area contributed by atoms with Gasteiger partial charge >= 0.3 is 0 Å². The van der Waals surface area contributed by atoms with Crippen molar-refractivity contribution in [1.29, 1.82) is 0 Å². The molecule has 0 saturated heterocycles. The molecule has 0 aromatic carbocycles. The van der Waals surface area contributed by atoms with Crippen LogP contribution in [0.1, 0.15) is 33.1 Å². The van der Waals surface area contributed by atoms with Gasteiger partial charge in [0.05, 0.1) is 6.04 Å². The fraction of sp³-hybridized carbons (Fsp3) is 0.900. The molecule has 0 aromatic rings. The summed E-state index contributed by atoms with van der Waals surface area (Å²) in [6.07, 6.45) is 4.06. The van der Waals surface area contributed by atoms with Crippen molar-refractivity contribution in [3.8, 4) is 0 Å². The standard InChI is InChI=1S/C10H18N2S/c1-7-6-13-10(11-8(7)2)12-9-4-3-5-9/h7-9H,3-6H2,1-2H3,(H,11,12). The third kappa shape index (κ3) is 2.19. The average molecular weight is 198 g/mol. The van der Waals surface area contributed by atoms with E-state index in [0.717, 1.165) is 12.0 Å². The zero-order valence-electron chi connectivity index (χ0n) is 8.42. The Bertz CT molecular complexity index is 211. The lowest BCUT2D eigenvalue weighted by Gasteiger charge is -2.31. The lowest BCUT2D eigenvalue weighted by molar-refractivity contribution is 0.383. The smallest absolute Gasteiger partial charge is 0.157 e. The van der Waals surface area contributed by atoms with Gasteiger partial charge in [0.1, 0.15) is 0 Å². The summed E-state index contributed by atoms with van der Waals surface area (Å²) in [4.78, 5) is 4.65. The number of nitrogens with one attached hydrogen (secondary N) is 1. The molecule has 2 atom stereocenters. The molecule has 0 bridgehead atoms. The molecule has 3 heteroatoms.